The monoisotopic (exact) mass is 436 g/mol. The molecule has 2 aromatic rings. The summed E-state index contributed by atoms with van der Waals surface area (Å²) in [6.45, 7) is 1.67. The van der Waals surface area contributed by atoms with Gasteiger partial charge in [0.1, 0.15) is 0 Å². The Morgan fingerprint density at radius 3 is 2.53 bits per heavy atom. The van der Waals surface area contributed by atoms with Crippen molar-refractivity contribution in [3.8, 4) is 11.5 Å². The van der Waals surface area contributed by atoms with Crippen molar-refractivity contribution in [2.45, 2.75) is 13.5 Å². The van der Waals surface area contributed by atoms with E-state index in [1.54, 1.807) is 30.0 Å². The molecule has 2 aromatic carbocycles. The lowest BCUT2D eigenvalue weighted by Crippen LogP contribution is -2.48. The van der Waals surface area contributed by atoms with Crippen molar-refractivity contribution in [1.29, 1.82) is 0 Å². The van der Waals surface area contributed by atoms with Gasteiger partial charge in [-0.3, -0.25) is 4.79 Å². The van der Waals surface area contributed by atoms with Crippen LogP contribution < -0.4 is 14.4 Å². The number of benzene rings is 2. The van der Waals surface area contributed by atoms with Crippen LogP contribution in [0, 0.1) is 0 Å². The standard InChI is InChI=1S/C22H23ClF2N2O3/c1-2-29-20-15-16(7-9-19(20)30-22(24)25)8-10-21(28)27-13-11-26(12-14-27)18-6-4-3-5-17(18)23/h3-10,15,22H,2,11-14H2,1H3. The first kappa shape index (κ1) is 21.9. The topological polar surface area (TPSA) is 42.0 Å². The Morgan fingerprint density at radius 2 is 1.87 bits per heavy atom. The number of hydrogen-bond acceptors (Lipinski definition) is 4. The van der Waals surface area contributed by atoms with Gasteiger partial charge in [-0.2, -0.15) is 8.78 Å². The van der Waals surface area contributed by atoms with E-state index in [2.05, 4.69) is 9.64 Å². The Bertz CT molecular complexity index is 900. The molecular weight excluding hydrogens is 414 g/mol. The minimum absolute atomic E-state index is 0.0361. The van der Waals surface area contributed by atoms with Crippen LogP contribution in [0.25, 0.3) is 6.08 Å². The zero-order chi connectivity index (χ0) is 21.5. The van der Waals surface area contributed by atoms with Crippen LogP contribution in [0.3, 0.4) is 0 Å². The quantitative estimate of drug-likeness (QED) is 0.590. The highest BCUT2D eigenvalue weighted by molar-refractivity contribution is 6.33. The molecule has 1 fully saturated rings. The fourth-order valence-electron chi connectivity index (χ4n) is 3.24. The molecule has 8 heteroatoms. The second-order valence-corrected chi connectivity index (χ2v) is 7.02. The lowest BCUT2D eigenvalue weighted by atomic mass is 10.1. The van der Waals surface area contributed by atoms with Crippen LogP contribution >= 0.6 is 11.6 Å². The summed E-state index contributed by atoms with van der Waals surface area (Å²) in [7, 11) is 0. The average molecular weight is 437 g/mol. The molecule has 30 heavy (non-hydrogen) atoms. The molecule has 1 aliphatic heterocycles. The fraction of sp³-hybridized carbons (Fsp3) is 0.318. The minimum atomic E-state index is -2.93. The molecule has 0 spiro atoms. The fourth-order valence-corrected chi connectivity index (χ4v) is 3.49. The predicted octanol–water partition coefficient (Wildman–Crippen LogP) is 4.70. The molecule has 3 rings (SSSR count). The number of nitrogens with zero attached hydrogens (tertiary/aromatic N) is 2. The van der Waals surface area contributed by atoms with Crippen molar-refractivity contribution in [3.05, 3.63) is 59.1 Å². The van der Waals surface area contributed by atoms with E-state index in [9.17, 15) is 13.6 Å². The Hall–Kier alpha value is -2.80. The van der Waals surface area contributed by atoms with Crippen LogP contribution in [-0.2, 0) is 4.79 Å². The van der Waals surface area contributed by atoms with Crippen LogP contribution in [0.2, 0.25) is 5.02 Å². The number of ether oxygens (including phenoxy) is 2. The first-order chi connectivity index (χ1) is 14.5. The van der Waals surface area contributed by atoms with Gasteiger partial charge in [0, 0.05) is 32.3 Å². The van der Waals surface area contributed by atoms with Gasteiger partial charge in [0.05, 0.1) is 17.3 Å². The molecule has 0 aromatic heterocycles. The molecule has 1 aliphatic rings. The van der Waals surface area contributed by atoms with E-state index < -0.39 is 6.61 Å². The lowest BCUT2D eigenvalue weighted by molar-refractivity contribution is -0.126. The van der Waals surface area contributed by atoms with Crippen LogP contribution in [0.5, 0.6) is 11.5 Å². The molecule has 0 N–H and O–H groups in total. The van der Waals surface area contributed by atoms with E-state index in [0.717, 1.165) is 5.69 Å². The van der Waals surface area contributed by atoms with Crippen LogP contribution in [0.1, 0.15) is 12.5 Å². The molecule has 1 heterocycles. The summed E-state index contributed by atoms with van der Waals surface area (Å²) in [5.41, 5.74) is 1.62. The predicted molar refractivity (Wildman–Crippen MR) is 114 cm³/mol. The van der Waals surface area contributed by atoms with Gasteiger partial charge in [0.25, 0.3) is 0 Å². The summed E-state index contributed by atoms with van der Waals surface area (Å²) in [6, 6.07) is 12.2. The third kappa shape index (κ3) is 5.63. The van der Waals surface area contributed by atoms with Crippen LogP contribution in [0.15, 0.2) is 48.5 Å². The molecule has 0 saturated carbocycles. The van der Waals surface area contributed by atoms with Gasteiger partial charge in [-0.05, 0) is 42.8 Å². The number of amides is 1. The van der Waals surface area contributed by atoms with Crippen molar-refractivity contribution in [2.75, 3.05) is 37.7 Å². The Balaban J connectivity index is 1.61. The van der Waals surface area contributed by atoms with E-state index in [0.29, 0.717) is 43.4 Å². The first-order valence-electron chi connectivity index (χ1n) is 9.66. The van der Waals surface area contributed by atoms with Crippen molar-refractivity contribution in [1.82, 2.24) is 4.90 Å². The van der Waals surface area contributed by atoms with Crippen molar-refractivity contribution >= 4 is 29.3 Å². The highest BCUT2D eigenvalue weighted by Gasteiger charge is 2.21. The molecule has 0 atom stereocenters. The van der Waals surface area contributed by atoms with Gasteiger partial charge in [-0.25, -0.2) is 0 Å². The summed E-state index contributed by atoms with van der Waals surface area (Å²) in [4.78, 5) is 16.5. The van der Waals surface area contributed by atoms with Crippen molar-refractivity contribution < 1.29 is 23.0 Å². The van der Waals surface area contributed by atoms with Gasteiger partial charge in [-0.1, -0.05) is 29.8 Å². The number of carbonyl (C=O) groups excluding carboxylic acids is 1. The van der Waals surface area contributed by atoms with Gasteiger partial charge in [-0.15, -0.1) is 0 Å². The summed E-state index contributed by atoms with van der Waals surface area (Å²) < 4.78 is 34.8. The Labute approximate surface area is 179 Å². The van der Waals surface area contributed by atoms with Crippen molar-refractivity contribution in [2.24, 2.45) is 0 Å². The molecule has 0 bridgehead atoms. The molecule has 0 radical (unpaired) electrons. The minimum Gasteiger partial charge on any atom is -0.490 e. The highest BCUT2D eigenvalue weighted by Crippen LogP contribution is 2.30. The number of carbonyl (C=O) groups is 1. The largest absolute Gasteiger partial charge is 0.490 e. The number of rotatable bonds is 7. The zero-order valence-corrected chi connectivity index (χ0v) is 17.3. The first-order valence-corrected chi connectivity index (χ1v) is 10.0. The second kappa shape index (κ2) is 10.3. The second-order valence-electron chi connectivity index (χ2n) is 6.61. The number of para-hydroxylation sites is 1. The van der Waals surface area contributed by atoms with E-state index in [4.69, 9.17) is 16.3 Å². The van der Waals surface area contributed by atoms with Gasteiger partial charge in [0.15, 0.2) is 11.5 Å². The van der Waals surface area contributed by atoms with E-state index >= 15 is 0 Å². The summed E-state index contributed by atoms with van der Waals surface area (Å²) in [5.74, 6) is 0.0615. The summed E-state index contributed by atoms with van der Waals surface area (Å²) in [6.07, 6.45) is 3.11. The number of alkyl halides is 2. The molecule has 160 valence electrons. The molecule has 1 saturated heterocycles. The Morgan fingerprint density at radius 1 is 1.13 bits per heavy atom. The van der Waals surface area contributed by atoms with Crippen LogP contribution in [-0.4, -0.2) is 50.2 Å². The molecule has 0 unspecified atom stereocenters. The third-order valence-corrected chi connectivity index (χ3v) is 5.01. The number of hydrogen-bond donors (Lipinski definition) is 0. The summed E-state index contributed by atoms with van der Waals surface area (Å²) in [5, 5.41) is 0.696. The molecule has 5 nitrogen and oxygen atoms in total. The van der Waals surface area contributed by atoms with Crippen molar-refractivity contribution in [3.63, 3.8) is 0 Å². The highest BCUT2D eigenvalue weighted by atomic mass is 35.5. The lowest BCUT2D eigenvalue weighted by Gasteiger charge is -2.36. The van der Waals surface area contributed by atoms with Gasteiger partial charge >= 0.3 is 6.61 Å². The normalized spacial score (nSPS) is 14.4. The van der Waals surface area contributed by atoms with Crippen LogP contribution in [0.4, 0.5) is 14.5 Å². The maximum absolute atomic E-state index is 12.5. The smallest absolute Gasteiger partial charge is 0.387 e. The summed E-state index contributed by atoms with van der Waals surface area (Å²) >= 11 is 6.25. The van der Waals surface area contributed by atoms with Gasteiger partial charge < -0.3 is 19.3 Å². The van der Waals surface area contributed by atoms with E-state index in [1.807, 2.05) is 24.3 Å². The van der Waals surface area contributed by atoms with Gasteiger partial charge in [0.2, 0.25) is 5.91 Å². The molecule has 1 amide bonds. The number of halogens is 3. The van der Waals surface area contributed by atoms with E-state index in [1.165, 1.54) is 12.1 Å². The van der Waals surface area contributed by atoms with E-state index in [-0.39, 0.29) is 17.4 Å². The number of piperazine rings is 1. The SMILES string of the molecule is CCOc1cc(C=CC(=O)N2CCN(c3ccccc3Cl)CC2)ccc1OC(F)F. The number of anilines is 1. The molecular formula is C22H23ClF2N2O3. The maximum Gasteiger partial charge on any atom is 0.387 e. The average Bonchev–Trinajstić information content (AvgIpc) is 2.74. The Kier molecular flexibility index (Phi) is 7.52. The maximum atomic E-state index is 12.5. The zero-order valence-electron chi connectivity index (χ0n) is 16.6. The molecule has 0 aliphatic carbocycles. The third-order valence-electron chi connectivity index (χ3n) is 4.69.